The highest BCUT2D eigenvalue weighted by molar-refractivity contribution is 14.1. The molecular weight excluding hydrogens is 337 g/mol. The quantitative estimate of drug-likeness (QED) is 0.352. The van der Waals surface area contributed by atoms with E-state index in [4.69, 9.17) is 4.74 Å². The molecule has 0 aliphatic carbocycles. The second kappa shape index (κ2) is 4.30. The lowest BCUT2D eigenvalue weighted by molar-refractivity contribution is 0.0988. The predicted molar refractivity (Wildman–Crippen MR) is 72.0 cm³/mol. The highest BCUT2D eigenvalue weighted by Gasteiger charge is 2.39. The topological polar surface area (TPSA) is 38.2 Å². The Kier molecular flexibility index (Phi) is 2.97. The molecule has 0 amide bonds. The maximum atomic E-state index is 5.60. The SMILES string of the molecule is CSc1nc(I)cc(N2C[C@@H]3C[C@H]2CO3)n1. The summed E-state index contributed by atoms with van der Waals surface area (Å²) in [4.78, 5) is 11.3. The number of fused-ring (bicyclic) bond motifs is 2. The van der Waals surface area contributed by atoms with Gasteiger partial charge in [0.2, 0.25) is 0 Å². The van der Waals surface area contributed by atoms with E-state index in [1.165, 1.54) is 0 Å². The average Bonchev–Trinajstić information content (AvgIpc) is 2.89. The highest BCUT2D eigenvalue weighted by atomic mass is 127. The fourth-order valence-corrected chi connectivity index (χ4v) is 3.35. The zero-order valence-electron chi connectivity index (χ0n) is 8.89. The van der Waals surface area contributed by atoms with Crippen molar-refractivity contribution in [3.05, 3.63) is 9.77 Å². The van der Waals surface area contributed by atoms with Crippen LogP contribution >= 0.6 is 34.4 Å². The van der Waals surface area contributed by atoms with Crippen LogP contribution in [0.3, 0.4) is 0 Å². The van der Waals surface area contributed by atoms with E-state index in [0.29, 0.717) is 12.1 Å². The van der Waals surface area contributed by atoms with Gasteiger partial charge in [0, 0.05) is 12.6 Å². The molecule has 3 heterocycles. The van der Waals surface area contributed by atoms with Crippen molar-refractivity contribution in [1.29, 1.82) is 0 Å². The minimum Gasteiger partial charge on any atom is -0.374 e. The van der Waals surface area contributed by atoms with Crippen LogP contribution < -0.4 is 4.90 Å². The molecule has 1 aromatic heterocycles. The van der Waals surface area contributed by atoms with Gasteiger partial charge in [0.1, 0.15) is 9.52 Å². The van der Waals surface area contributed by atoms with E-state index in [0.717, 1.165) is 34.2 Å². The van der Waals surface area contributed by atoms with Gasteiger partial charge in [0.15, 0.2) is 5.16 Å². The number of morpholine rings is 1. The molecule has 0 spiro atoms. The first-order valence-electron chi connectivity index (χ1n) is 5.23. The fraction of sp³-hybridized carbons (Fsp3) is 0.600. The van der Waals surface area contributed by atoms with Crippen LogP contribution in [-0.4, -0.2) is 41.5 Å². The monoisotopic (exact) mass is 349 g/mol. The van der Waals surface area contributed by atoms with E-state index < -0.39 is 0 Å². The van der Waals surface area contributed by atoms with Crippen LogP contribution in [0.15, 0.2) is 11.2 Å². The van der Waals surface area contributed by atoms with Crippen LogP contribution in [0.2, 0.25) is 0 Å². The van der Waals surface area contributed by atoms with Crippen molar-refractivity contribution in [3.63, 3.8) is 0 Å². The molecule has 0 N–H and O–H groups in total. The molecule has 2 aliphatic rings. The number of thioether (sulfide) groups is 1. The molecule has 86 valence electrons. The van der Waals surface area contributed by atoms with Gasteiger partial charge in [0.25, 0.3) is 0 Å². The van der Waals surface area contributed by atoms with E-state index in [1.807, 2.05) is 6.26 Å². The van der Waals surface area contributed by atoms with Crippen LogP contribution in [0, 0.1) is 3.70 Å². The van der Waals surface area contributed by atoms with E-state index >= 15 is 0 Å². The molecule has 6 heteroatoms. The van der Waals surface area contributed by atoms with Crippen LogP contribution in [-0.2, 0) is 4.74 Å². The summed E-state index contributed by atoms with van der Waals surface area (Å²) in [7, 11) is 0. The zero-order valence-corrected chi connectivity index (χ0v) is 11.9. The number of anilines is 1. The summed E-state index contributed by atoms with van der Waals surface area (Å²) in [5.74, 6) is 1.06. The molecule has 2 aliphatic heterocycles. The van der Waals surface area contributed by atoms with Crippen LogP contribution in [0.25, 0.3) is 0 Å². The van der Waals surface area contributed by atoms with Crippen LogP contribution in [0.5, 0.6) is 0 Å². The number of hydrogen-bond donors (Lipinski definition) is 0. The van der Waals surface area contributed by atoms with Crippen molar-refractivity contribution in [2.75, 3.05) is 24.3 Å². The Labute approximate surface area is 112 Å². The first-order chi connectivity index (χ1) is 7.76. The molecule has 0 saturated carbocycles. The van der Waals surface area contributed by atoms with Gasteiger partial charge in [-0.25, -0.2) is 9.97 Å². The number of ether oxygens (including phenoxy) is 1. The second-order valence-electron chi connectivity index (χ2n) is 4.03. The molecule has 2 bridgehead atoms. The third-order valence-electron chi connectivity index (χ3n) is 3.04. The Hall–Kier alpha value is -0.0800. The fourth-order valence-electron chi connectivity index (χ4n) is 2.30. The Morgan fingerprint density at radius 2 is 2.44 bits per heavy atom. The molecule has 0 aromatic carbocycles. The smallest absolute Gasteiger partial charge is 0.190 e. The number of rotatable bonds is 2. The highest BCUT2D eigenvalue weighted by Crippen LogP contribution is 2.32. The van der Waals surface area contributed by atoms with Crippen molar-refractivity contribution < 1.29 is 4.74 Å². The van der Waals surface area contributed by atoms with Gasteiger partial charge in [-0.05, 0) is 35.3 Å². The summed E-state index contributed by atoms with van der Waals surface area (Å²) in [5.41, 5.74) is 0. The van der Waals surface area contributed by atoms with Crippen molar-refractivity contribution in [2.24, 2.45) is 0 Å². The number of aromatic nitrogens is 2. The van der Waals surface area contributed by atoms with Gasteiger partial charge < -0.3 is 9.64 Å². The van der Waals surface area contributed by atoms with Gasteiger partial charge in [-0.1, -0.05) is 11.8 Å². The largest absolute Gasteiger partial charge is 0.374 e. The van der Waals surface area contributed by atoms with Gasteiger partial charge >= 0.3 is 0 Å². The maximum Gasteiger partial charge on any atom is 0.190 e. The van der Waals surface area contributed by atoms with E-state index in [2.05, 4.69) is 43.5 Å². The Morgan fingerprint density at radius 3 is 3.06 bits per heavy atom. The molecule has 2 fully saturated rings. The summed E-state index contributed by atoms with van der Waals surface area (Å²) in [6, 6.07) is 2.58. The minimum atomic E-state index is 0.412. The number of hydrogen-bond acceptors (Lipinski definition) is 5. The van der Waals surface area contributed by atoms with Crippen molar-refractivity contribution >= 4 is 40.2 Å². The number of halogens is 1. The molecule has 0 radical (unpaired) electrons. The lowest BCUT2D eigenvalue weighted by Gasteiger charge is -2.28. The first kappa shape index (κ1) is 11.0. The molecule has 2 atom stereocenters. The predicted octanol–water partition coefficient (Wildman–Crippen LogP) is 1.78. The lowest BCUT2D eigenvalue weighted by atomic mass is 10.2. The van der Waals surface area contributed by atoms with E-state index in [-0.39, 0.29) is 0 Å². The van der Waals surface area contributed by atoms with Crippen molar-refractivity contribution in [1.82, 2.24) is 9.97 Å². The van der Waals surface area contributed by atoms with Gasteiger partial charge in [-0.2, -0.15) is 0 Å². The summed E-state index contributed by atoms with van der Waals surface area (Å²) in [5, 5.41) is 0.852. The first-order valence-corrected chi connectivity index (χ1v) is 7.53. The van der Waals surface area contributed by atoms with Crippen LogP contribution in [0.1, 0.15) is 6.42 Å². The lowest BCUT2D eigenvalue weighted by Crippen LogP contribution is -2.37. The summed E-state index contributed by atoms with van der Waals surface area (Å²) in [6.45, 7) is 1.82. The van der Waals surface area contributed by atoms with E-state index in [1.54, 1.807) is 11.8 Å². The normalized spacial score (nSPS) is 27.8. The summed E-state index contributed by atoms with van der Waals surface area (Å²) >= 11 is 3.84. The second-order valence-corrected chi connectivity index (χ2v) is 5.91. The Morgan fingerprint density at radius 1 is 1.56 bits per heavy atom. The zero-order chi connectivity index (χ0) is 11.1. The van der Waals surface area contributed by atoms with Crippen LogP contribution in [0.4, 0.5) is 5.82 Å². The summed E-state index contributed by atoms with van der Waals surface area (Å²) < 4.78 is 6.61. The maximum absolute atomic E-state index is 5.60. The van der Waals surface area contributed by atoms with Crippen molar-refractivity contribution in [2.45, 2.75) is 23.7 Å². The van der Waals surface area contributed by atoms with Gasteiger partial charge in [0.05, 0.1) is 18.8 Å². The Balaban J connectivity index is 1.91. The molecule has 1 aromatic rings. The molecular formula is C10H12IN3OS. The minimum absolute atomic E-state index is 0.412. The molecule has 3 rings (SSSR count). The Bertz CT molecular complexity index is 417. The van der Waals surface area contributed by atoms with Gasteiger partial charge in [-0.3, -0.25) is 0 Å². The summed E-state index contributed by atoms with van der Waals surface area (Å²) in [6.07, 6.45) is 3.57. The van der Waals surface area contributed by atoms with Crippen molar-refractivity contribution in [3.8, 4) is 0 Å². The number of nitrogens with zero attached hydrogens (tertiary/aromatic N) is 3. The standard InChI is InChI=1S/C10H12IN3OS/c1-16-10-12-8(11)3-9(13-10)14-4-7-2-6(14)5-15-7/h3,6-7H,2,4-5H2,1H3/t6-,7-/m0/s1. The van der Waals surface area contributed by atoms with Gasteiger partial charge in [-0.15, -0.1) is 0 Å². The van der Waals surface area contributed by atoms with E-state index in [9.17, 15) is 0 Å². The molecule has 2 saturated heterocycles. The molecule has 16 heavy (non-hydrogen) atoms. The molecule has 4 nitrogen and oxygen atoms in total. The average molecular weight is 349 g/mol. The third-order valence-corrected chi connectivity index (χ3v) is 4.14. The third kappa shape index (κ3) is 1.91. The molecule has 0 unspecified atom stereocenters.